The molecule has 7 heteroatoms. The van der Waals surface area contributed by atoms with Crippen molar-refractivity contribution in [3.8, 4) is 11.3 Å². The van der Waals surface area contributed by atoms with Crippen LogP contribution >= 0.6 is 11.3 Å². The standard InChI is InChI=1S/C19H23N3O3S/c1-2-25-18(24)9-8-17(23)20-15-7-5-6-14(12-15)16-13-26-19(21-16)22-10-3-4-11-22/h5-7,12-13H,2-4,8-11H2,1H3,(H,20,23). The van der Waals surface area contributed by atoms with Crippen LogP contribution in [0.25, 0.3) is 11.3 Å². The van der Waals surface area contributed by atoms with Gasteiger partial charge in [0.25, 0.3) is 0 Å². The van der Waals surface area contributed by atoms with Gasteiger partial charge in [0.1, 0.15) is 0 Å². The summed E-state index contributed by atoms with van der Waals surface area (Å²) in [6.07, 6.45) is 2.65. The van der Waals surface area contributed by atoms with Gasteiger partial charge in [0.05, 0.1) is 18.7 Å². The molecule has 0 aliphatic carbocycles. The van der Waals surface area contributed by atoms with E-state index in [9.17, 15) is 9.59 Å². The van der Waals surface area contributed by atoms with Crippen LogP contribution in [0.5, 0.6) is 0 Å². The summed E-state index contributed by atoms with van der Waals surface area (Å²) in [5, 5.41) is 5.94. The molecule has 2 aromatic rings. The molecular formula is C19H23N3O3S. The van der Waals surface area contributed by atoms with Gasteiger partial charge in [-0.2, -0.15) is 0 Å². The van der Waals surface area contributed by atoms with Gasteiger partial charge >= 0.3 is 5.97 Å². The molecule has 0 saturated carbocycles. The van der Waals surface area contributed by atoms with Crippen LogP contribution in [0.4, 0.5) is 10.8 Å². The topological polar surface area (TPSA) is 71.5 Å². The summed E-state index contributed by atoms with van der Waals surface area (Å²) in [6.45, 7) is 4.22. The third kappa shape index (κ3) is 4.82. The van der Waals surface area contributed by atoms with Crippen molar-refractivity contribution in [3.05, 3.63) is 29.6 Å². The fourth-order valence-electron chi connectivity index (χ4n) is 2.88. The van der Waals surface area contributed by atoms with E-state index in [1.54, 1.807) is 18.3 Å². The predicted molar refractivity (Wildman–Crippen MR) is 103 cm³/mol. The molecule has 1 amide bonds. The van der Waals surface area contributed by atoms with Gasteiger partial charge in [0, 0.05) is 36.1 Å². The Morgan fingerprint density at radius 3 is 2.85 bits per heavy atom. The van der Waals surface area contributed by atoms with Gasteiger partial charge in [-0.25, -0.2) is 4.98 Å². The molecule has 1 aliphatic heterocycles. The lowest BCUT2D eigenvalue weighted by atomic mass is 10.1. The van der Waals surface area contributed by atoms with Crippen LogP contribution in [-0.4, -0.2) is 36.6 Å². The average Bonchev–Trinajstić information content (AvgIpc) is 3.32. The van der Waals surface area contributed by atoms with Crippen molar-refractivity contribution in [3.63, 3.8) is 0 Å². The summed E-state index contributed by atoms with van der Waals surface area (Å²) in [7, 11) is 0. The number of thiazole rings is 1. The maximum atomic E-state index is 12.0. The maximum Gasteiger partial charge on any atom is 0.306 e. The number of hydrogen-bond donors (Lipinski definition) is 1. The second kappa shape index (κ2) is 8.80. The Balaban J connectivity index is 1.61. The molecule has 0 radical (unpaired) electrons. The monoisotopic (exact) mass is 373 g/mol. The molecule has 3 rings (SSSR count). The normalized spacial score (nSPS) is 13.7. The number of nitrogens with one attached hydrogen (secondary N) is 1. The largest absolute Gasteiger partial charge is 0.466 e. The first-order chi connectivity index (χ1) is 12.7. The van der Waals surface area contributed by atoms with Crippen molar-refractivity contribution >= 4 is 34.0 Å². The van der Waals surface area contributed by atoms with Crippen LogP contribution in [-0.2, 0) is 14.3 Å². The third-order valence-corrected chi connectivity index (χ3v) is 5.07. The number of amides is 1. The zero-order valence-electron chi connectivity index (χ0n) is 14.9. The van der Waals surface area contributed by atoms with E-state index in [0.717, 1.165) is 29.5 Å². The number of benzene rings is 1. The molecule has 0 atom stereocenters. The number of esters is 1. The highest BCUT2D eigenvalue weighted by Crippen LogP contribution is 2.30. The summed E-state index contributed by atoms with van der Waals surface area (Å²) in [5.41, 5.74) is 2.58. The highest BCUT2D eigenvalue weighted by atomic mass is 32.1. The average molecular weight is 373 g/mol. The Morgan fingerprint density at radius 2 is 2.08 bits per heavy atom. The van der Waals surface area contributed by atoms with E-state index < -0.39 is 0 Å². The summed E-state index contributed by atoms with van der Waals surface area (Å²) in [5.74, 6) is -0.556. The molecule has 26 heavy (non-hydrogen) atoms. The van der Waals surface area contributed by atoms with Gasteiger partial charge < -0.3 is 15.0 Å². The predicted octanol–water partition coefficient (Wildman–Crippen LogP) is 3.69. The number of hydrogen-bond acceptors (Lipinski definition) is 6. The van der Waals surface area contributed by atoms with Crippen LogP contribution in [0.1, 0.15) is 32.6 Å². The van der Waals surface area contributed by atoms with Gasteiger partial charge in [-0.05, 0) is 31.9 Å². The fourth-order valence-corrected chi connectivity index (χ4v) is 3.77. The highest BCUT2D eigenvalue weighted by molar-refractivity contribution is 7.14. The number of carbonyl (C=O) groups is 2. The molecule has 0 bridgehead atoms. The van der Waals surface area contributed by atoms with Crippen molar-refractivity contribution in [2.75, 3.05) is 29.9 Å². The van der Waals surface area contributed by atoms with E-state index >= 15 is 0 Å². The molecule has 138 valence electrons. The Hall–Kier alpha value is -2.41. The zero-order valence-corrected chi connectivity index (χ0v) is 15.7. The number of nitrogens with zero attached hydrogens (tertiary/aromatic N) is 2. The molecule has 1 N–H and O–H groups in total. The van der Waals surface area contributed by atoms with Crippen LogP contribution in [0.2, 0.25) is 0 Å². The minimum atomic E-state index is -0.353. The number of ether oxygens (including phenoxy) is 1. The van der Waals surface area contributed by atoms with Crippen LogP contribution in [0.15, 0.2) is 29.6 Å². The SMILES string of the molecule is CCOC(=O)CCC(=O)Nc1cccc(-c2csc(N3CCCC3)n2)c1. The lowest BCUT2D eigenvalue weighted by molar-refractivity contribution is -0.144. The summed E-state index contributed by atoms with van der Waals surface area (Å²) in [4.78, 5) is 30.4. The van der Waals surface area contributed by atoms with E-state index in [0.29, 0.717) is 12.3 Å². The van der Waals surface area contributed by atoms with Crippen molar-refractivity contribution in [2.24, 2.45) is 0 Å². The zero-order chi connectivity index (χ0) is 18.4. The van der Waals surface area contributed by atoms with Crippen LogP contribution in [0.3, 0.4) is 0 Å². The van der Waals surface area contributed by atoms with Crippen molar-refractivity contribution in [1.82, 2.24) is 4.98 Å². The summed E-state index contributed by atoms with van der Waals surface area (Å²) < 4.78 is 4.83. The van der Waals surface area contributed by atoms with E-state index in [2.05, 4.69) is 15.6 Å². The first kappa shape index (κ1) is 18.4. The quantitative estimate of drug-likeness (QED) is 0.750. The Labute approximate surface area is 157 Å². The van der Waals surface area contributed by atoms with E-state index in [1.807, 2.05) is 24.3 Å². The van der Waals surface area contributed by atoms with Gasteiger partial charge in [-0.1, -0.05) is 12.1 Å². The van der Waals surface area contributed by atoms with E-state index in [4.69, 9.17) is 9.72 Å². The second-order valence-corrected chi connectivity index (χ2v) is 6.98. The van der Waals surface area contributed by atoms with Crippen molar-refractivity contribution in [2.45, 2.75) is 32.6 Å². The Kier molecular flexibility index (Phi) is 6.22. The minimum Gasteiger partial charge on any atom is -0.466 e. The molecular weight excluding hydrogens is 350 g/mol. The third-order valence-electron chi connectivity index (χ3n) is 4.17. The molecule has 1 fully saturated rings. The van der Waals surface area contributed by atoms with Gasteiger partial charge in [0.15, 0.2) is 5.13 Å². The molecule has 1 aromatic carbocycles. The highest BCUT2D eigenvalue weighted by Gasteiger charge is 2.16. The lowest BCUT2D eigenvalue weighted by Crippen LogP contribution is -2.17. The Bertz CT molecular complexity index is 769. The smallest absolute Gasteiger partial charge is 0.306 e. The molecule has 6 nitrogen and oxygen atoms in total. The van der Waals surface area contributed by atoms with E-state index in [-0.39, 0.29) is 24.7 Å². The minimum absolute atomic E-state index is 0.0879. The van der Waals surface area contributed by atoms with Gasteiger partial charge in [-0.3, -0.25) is 9.59 Å². The first-order valence-corrected chi connectivity index (χ1v) is 9.80. The summed E-state index contributed by atoms with van der Waals surface area (Å²) >= 11 is 1.65. The maximum absolute atomic E-state index is 12.0. The van der Waals surface area contributed by atoms with Crippen LogP contribution in [0, 0.1) is 0 Å². The van der Waals surface area contributed by atoms with Crippen molar-refractivity contribution < 1.29 is 14.3 Å². The number of aromatic nitrogens is 1. The molecule has 2 heterocycles. The Morgan fingerprint density at radius 1 is 1.27 bits per heavy atom. The van der Waals surface area contributed by atoms with Gasteiger partial charge in [-0.15, -0.1) is 11.3 Å². The summed E-state index contributed by atoms with van der Waals surface area (Å²) in [6, 6.07) is 7.62. The number of rotatable bonds is 7. The molecule has 0 spiro atoms. The molecule has 0 unspecified atom stereocenters. The fraction of sp³-hybridized carbons (Fsp3) is 0.421. The molecule has 1 aromatic heterocycles. The van der Waals surface area contributed by atoms with Crippen LogP contribution < -0.4 is 10.2 Å². The first-order valence-electron chi connectivity index (χ1n) is 8.92. The van der Waals surface area contributed by atoms with Gasteiger partial charge in [0.2, 0.25) is 5.91 Å². The molecule has 1 aliphatic rings. The molecule has 1 saturated heterocycles. The lowest BCUT2D eigenvalue weighted by Gasteiger charge is -2.12. The van der Waals surface area contributed by atoms with E-state index in [1.165, 1.54) is 12.8 Å². The number of carbonyl (C=O) groups excluding carboxylic acids is 2. The number of anilines is 2. The van der Waals surface area contributed by atoms with Crippen molar-refractivity contribution in [1.29, 1.82) is 0 Å². The second-order valence-electron chi connectivity index (χ2n) is 6.14.